The minimum Gasteiger partial charge on any atom is -0.479 e. The van der Waals surface area contributed by atoms with Gasteiger partial charge in [-0.3, -0.25) is 9.78 Å². The lowest BCUT2D eigenvalue weighted by Crippen LogP contribution is -2.68. The first-order chi connectivity index (χ1) is 17.4. The minimum atomic E-state index is -1.93. The van der Waals surface area contributed by atoms with E-state index in [1.807, 2.05) is 4.98 Å². The van der Waals surface area contributed by atoms with Crippen LogP contribution in [0.1, 0.15) is 18.1 Å². The first-order valence-electron chi connectivity index (χ1n) is 11.0. The number of nitrogens with two attached hydrogens (primary N) is 2. The third-order valence-electron chi connectivity index (χ3n) is 6.36. The second-order valence-corrected chi connectivity index (χ2v) is 8.76. The molecule has 2 amide bonds. The zero-order valence-electron chi connectivity index (χ0n) is 18.8. The summed E-state index contributed by atoms with van der Waals surface area (Å²) in [6.45, 7) is 0. The maximum absolute atomic E-state index is 12.3. The molecule has 4 rings (SSSR count). The fraction of sp³-hybridized carbons (Fsp3) is 0.632. The topological polar surface area (TPSA) is 299 Å². The Labute approximate surface area is 205 Å². The number of carboxylic acid groups (broad SMARTS) is 2. The molecule has 11 atom stereocenters. The number of aliphatic hydroxyl groups is 2. The number of rotatable bonds is 6. The van der Waals surface area contributed by atoms with Crippen molar-refractivity contribution in [2.24, 2.45) is 11.5 Å². The van der Waals surface area contributed by atoms with Gasteiger partial charge in [0.05, 0.1) is 11.6 Å². The van der Waals surface area contributed by atoms with E-state index in [0.29, 0.717) is 0 Å². The molecule has 0 unspecified atom stereocenters. The van der Waals surface area contributed by atoms with E-state index < -0.39 is 96.4 Å². The quantitative estimate of drug-likeness (QED) is 0.166. The number of H-pyrrole nitrogens is 2. The largest absolute Gasteiger partial charge is 0.479 e. The van der Waals surface area contributed by atoms with Crippen LogP contribution in [0.3, 0.4) is 0 Å². The molecule has 0 radical (unpaired) electrons. The number of amides is 2. The van der Waals surface area contributed by atoms with Crippen LogP contribution in [0, 0.1) is 0 Å². The summed E-state index contributed by atoms with van der Waals surface area (Å²) in [5.41, 5.74) is 9.11. The second kappa shape index (κ2) is 10.2. The molecule has 3 aliphatic heterocycles. The summed E-state index contributed by atoms with van der Waals surface area (Å²) in [5.74, 6) is -3.03. The fourth-order valence-corrected chi connectivity index (χ4v) is 4.65. The van der Waals surface area contributed by atoms with Gasteiger partial charge in [0.1, 0.15) is 36.6 Å². The predicted octanol–water partition coefficient (Wildman–Crippen LogP) is -4.97. The number of nitrogens with one attached hydrogen (secondary N) is 3. The summed E-state index contributed by atoms with van der Waals surface area (Å²) in [7, 11) is 0. The van der Waals surface area contributed by atoms with Crippen LogP contribution >= 0.6 is 0 Å². The molecule has 1 aromatic heterocycles. The highest BCUT2D eigenvalue weighted by molar-refractivity contribution is 5.75. The van der Waals surface area contributed by atoms with Crippen molar-refractivity contribution in [3.8, 4) is 0 Å². The fourth-order valence-electron chi connectivity index (χ4n) is 4.65. The Morgan fingerprint density at radius 2 is 1.76 bits per heavy atom. The number of carboxylic acids is 2. The number of hydrogen-bond donors (Lipinski definition) is 9. The van der Waals surface area contributed by atoms with Gasteiger partial charge in [-0.1, -0.05) is 0 Å². The standard InChI is InChI=1S/C19H25N5O13/c20-4-1-5(15(28)29)34-17(7(4)25)37-11-6(23-18(21)32)10-12(36-13(11)16(30)31)8(26)9(35-10)3-2-22-19(33)24-14(3)27/h2,4-13,17,25-26H,1,20H2,(H,28,29)(H,30,31)(H3,21,23,32)(H2,22,24,27,33)/t4-,5+,6+,7-,8+,9+,10-,11-,12+,13+,17+/m1/s1. The second-order valence-electron chi connectivity index (χ2n) is 8.76. The van der Waals surface area contributed by atoms with Gasteiger partial charge in [-0.05, 0) is 0 Å². The van der Waals surface area contributed by atoms with Crippen LogP contribution in [0.4, 0.5) is 4.79 Å². The van der Waals surface area contributed by atoms with Gasteiger partial charge >= 0.3 is 23.7 Å². The molecule has 0 spiro atoms. The number of carbonyl (C=O) groups excluding carboxylic acids is 1. The van der Waals surface area contributed by atoms with Gasteiger partial charge in [-0.2, -0.15) is 0 Å². The molecule has 0 aliphatic carbocycles. The molecule has 204 valence electrons. The summed E-state index contributed by atoms with van der Waals surface area (Å²) in [6.07, 6.45) is -13.7. The summed E-state index contributed by atoms with van der Waals surface area (Å²) in [6, 6.07) is -3.75. The third-order valence-corrected chi connectivity index (χ3v) is 6.36. The minimum absolute atomic E-state index is 0.228. The number of aromatic amines is 2. The molecule has 18 nitrogen and oxygen atoms in total. The number of carbonyl (C=O) groups is 3. The van der Waals surface area contributed by atoms with Crippen LogP contribution < -0.4 is 28.0 Å². The van der Waals surface area contributed by atoms with Crippen molar-refractivity contribution in [1.82, 2.24) is 15.3 Å². The van der Waals surface area contributed by atoms with Crippen LogP contribution in [0.25, 0.3) is 0 Å². The van der Waals surface area contributed by atoms with Gasteiger partial charge in [0.25, 0.3) is 5.56 Å². The smallest absolute Gasteiger partial charge is 0.335 e. The van der Waals surface area contributed by atoms with Gasteiger partial charge in [0.15, 0.2) is 18.5 Å². The molecule has 11 N–H and O–H groups in total. The van der Waals surface area contributed by atoms with E-state index >= 15 is 0 Å². The number of primary amides is 1. The van der Waals surface area contributed by atoms with Crippen molar-refractivity contribution in [2.75, 3.05) is 0 Å². The van der Waals surface area contributed by atoms with Gasteiger partial charge in [0.2, 0.25) is 0 Å². The number of aromatic nitrogens is 2. The lowest BCUT2D eigenvalue weighted by molar-refractivity contribution is -0.293. The molecule has 0 saturated carbocycles. The highest BCUT2D eigenvalue weighted by Crippen LogP contribution is 2.41. The van der Waals surface area contributed by atoms with Crippen molar-refractivity contribution < 1.29 is 53.8 Å². The van der Waals surface area contributed by atoms with Gasteiger partial charge < -0.3 is 61.1 Å². The molecule has 3 fully saturated rings. The number of ether oxygens (including phenoxy) is 4. The van der Waals surface area contributed by atoms with E-state index in [-0.39, 0.29) is 12.0 Å². The van der Waals surface area contributed by atoms with E-state index in [4.69, 9.17) is 30.4 Å². The summed E-state index contributed by atoms with van der Waals surface area (Å²) >= 11 is 0. The molecular weight excluding hydrogens is 506 g/mol. The zero-order chi connectivity index (χ0) is 27.2. The van der Waals surface area contributed by atoms with E-state index in [9.17, 15) is 44.4 Å². The Morgan fingerprint density at radius 3 is 2.35 bits per heavy atom. The lowest BCUT2D eigenvalue weighted by Gasteiger charge is -2.45. The molecular formula is C19H25N5O13. The molecule has 37 heavy (non-hydrogen) atoms. The van der Waals surface area contributed by atoms with Crippen LogP contribution in [-0.2, 0) is 28.5 Å². The van der Waals surface area contributed by atoms with Crippen LogP contribution in [0.5, 0.6) is 0 Å². The summed E-state index contributed by atoms with van der Waals surface area (Å²) in [4.78, 5) is 63.2. The Balaban J connectivity index is 1.68. The SMILES string of the molecule is NC(=O)N[C@H]1[C@H]2O[C@@H](c3c[nH]c(=O)[nH]c3=O)[C@H](O)[C@@H]2O[C@H](C(=O)O)[C@@H]1O[C@@H]1O[C@H](C(=O)O)C[C@@H](N)[C@H]1O. The Hall–Kier alpha value is -3.39. The van der Waals surface area contributed by atoms with E-state index in [1.54, 1.807) is 0 Å². The zero-order valence-corrected chi connectivity index (χ0v) is 18.8. The number of fused-ring (bicyclic) bond motifs is 1. The Morgan fingerprint density at radius 1 is 1.05 bits per heavy atom. The van der Waals surface area contributed by atoms with Crippen LogP contribution in [-0.4, -0.2) is 109 Å². The molecule has 3 aliphatic rings. The highest BCUT2D eigenvalue weighted by atomic mass is 16.7. The summed E-state index contributed by atoms with van der Waals surface area (Å²) in [5, 5.41) is 42.7. The maximum atomic E-state index is 12.3. The van der Waals surface area contributed by atoms with E-state index in [2.05, 4.69) is 10.3 Å². The van der Waals surface area contributed by atoms with Gasteiger partial charge in [0, 0.05) is 18.7 Å². The molecule has 1 aromatic rings. The lowest BCUT2D eigenvalue weighted by atomic mass is 9.90. The normalized spacial score (nSPS) is 39.5. The van der Waals surface area contributed by atoms with Crippen molar-refractivity contribution in [2.45, 2.75) is 73.6 Å². The van der Waals surface area contributed by atoms with Crippen molar-refractivity contribution >= 4 is 18.0 Å². The average Bonchev–Trinajstić information content (AvgIpc) is 3.13. The first-order valence-corrected chi connectivity index (χ1v) is 11.0. The van der Waals surface area contributed by atoms with Crippen molar-refractivity contribution in [3.63, 3.8) is 0 Å². The Bertz CT molecular complexity index is 1170. The van der Waals surface area contributed by atoms with Gasteiger partial charge in [-0.25, -0.2) is 19.2 Å². The molecule has 0 aromatic carbocycles. The monoisotopic (exact) mass is 531 g/mol. The predicted molar refractivity (Wildman–Crippen MR) is 114 cm³/mol. The number of aliphatic carboxylic acids is 2. The van der Waals surface area contributed by atoms with Crippen molar-refractivity contribution in [3.05, 3.63) is 32.6 Å². The maximum Gasteiger partial charge on any atom is 0.335 e. The summed E-state index contributed by atoms with van der Waals surface area (Å²) < 4.78 is 22.2. The molecule has 0 bridgehead atoms. The average molecular weight is 531 g/mol. The Kier molecular flexibility index (Phi) is 7.33. The number of hydrogen-bond acceptors (Lipinski definition) is 12. The van der Waals surface area contributed by atoms with E-state index in [0.717, 1.165) is 6.20 Å². The molecule has 18 heteroatoms. The van der Waals surface area contributed by atoms with Crippen molar-refractivity contribution in [1.29, 1.82) is 0 Å². The molecule has 3 saturated heterocycles. The highest BCUT2D eigenvalue weighted by Gasteiger charge is 2.60. The third kappa shape index (κ3) is 5.07. The number of urea groups is 1. The van der Waals surface area contributed by atoms with E-state index in [1.165, 1.54) is 0 Å². The molecule has 4 heterocycles. The first kappa shape index (κ1) is 26.7. The van der Waals surface area contributed by atoms with Gasteiger partial charge in [-0.15, -0.1) is 0 Å². The van der Waals surface area contributed by atoms with Crippen LogP contribution in [0.2, 0.25) is 0 Å². The number of aliphatic hydroxyl groups excluding tert-OH is 2. The van der Waals surface area contributed by atoms with Crippen LogP contribution in [0.15, 0.2) is 15.8 Å².